The van der Waals surface area contributed by atoms with Crippen LogP contribution in [-0.2, 0) is 6.16 Å². The highest BCUT2D eigenvalue weighted by Gasteiger charge is 2.48. The maximum atomic E-state index is 5.57. The molecule has 0 saturated carbocycles. The van der Waals surface area contributed by atoms with Crippen LogP contribution in [0, 0.1) is 20.8 Å². The van der Waals surface area contributed by atoms with Crippen molar-refractivity contribution in [3.63, 3.8) is 0 Å². The first-order valence-electron chi connectivity index (χ1n) is 10.8. The van der Waals surface area contributed by atoms with Gasteiger partial charge >= 0.3 is 0 Å². The Morgan fingerprint density at radius 1 is 0.594 bits per heavy atom. The summed E-state index contributed by atoms with van der Waals surface area (Å²) in [5.41, 5.74) is 5.36. The summed E-state index contributed by atoms with van der Waals surface area (Å²) in [4.78, 5) is 0. The maximum absolute atomic E-state index is 5.57. The molecule has 0 amide bonds. The van der Waals surface area contributed by atoms with E-state index in [9.17, 15) is 0 Å². The Morgan fingerprint density at radius 2 is 1.03 bits per heavy atom. The number of ether oxygens (including phenoxy) is 1. The van der Waals surface area contributed by atoms with Gasteiger partial charge < -0.3 is 28.7 Å². The van der Waals surface area contributed by atoms with Gasteiger partial charge in [-0.25, -0.2) is 0 Å². The average molecular weight is 552 g/mol. The van der Waals surface area contributed by atoms with Crippen LogP contribution in [0.25, 0.3) is 0 Å². The summed E-state index contributed by atoms with van der Waals surface area (Å²) in [6.45, 7) is 6.77. The van der Waals surface area contributed by atoms with Crippen LogP contribution in [0.5, 0.6) is 5.75 Å². The fraction of sp³-hybridized carbons (Fsp3) is 0.172. The van der Waals surface area contributed by atoms with Crippen LogP contribution >= 0.6 is 7.26 Å². The number of halogens is 1. The van der Waals surface area contributed by atoms with Crippen molar-refractivity contribution in [3.05, 3.63) is 119 Å². The summed E-state index contributed by atoms with van der Waals surface area (Å²) < 4.78 is 5.57. The standard InChI is InChI=1S/C29H30OP.HI/c1-22-12-5-8-17-27(22)31(28-18-9-6-13-23(28)2,29-19-10-7-14-24(29)3)21-25-15-11-16-26(20-25)30-4;/h5-20H,21H2,1-4H3;1H/q+1;/p-1. The minimum atomic E-state index is -1.97. The molecule has 1 nitrogen and oxygen atoms in total. The van der Waals surface area contributed by atoms with Gasteiger partial charge in [0.05, 0.1) is 13.3 Å². The van der Waals surface area contributed by atoms with Crippen molar-refractivity contribution < 1.29 is 28.7 Å². The van der Waals surface area contributed by atoms with E-state index in [1.807, 2.05) is 6.07 Å². The lowest BCUT2D eigenvalue weighted by atomic mass is 10.2. The Hall–Kier alpha value is -2.16. The second-order valence-corrected chi connectivity index (χ2v) is 11.6. The van der Waals surface area contributed by atoms with Crippen LogP contribution in [0.2, 0.25) is 0 Å². The third kappa shape index (κ3) is 4.63. The molecule has 0 aliphatic heterocycles. The molecular weight excluding hydrogens is 522 g/mol. The normalized spacial score (nSPS) is 11.0. The number of methoxy groups -OCH3 is 1. The van der Waals surface area contributed by atoms with Crippen LogP contribution in [0.15, 0.2) is 97.1 Å². The summed E-state index contributed by atoms with van der Waals surface area (Å²) in [7, 11) is -0.232. The number of hydrogen-bond acceptors (Lipinski definition) is 1. The van der Waals surface area contributed by atoms with E-state index in [1.54, 1.807) is 7.11 Å². The highest BCUT2D eigenvalue weighted by molar-refractivity contribution is 7.95. The molecule has 4 aromatic rings. The molecule has 0 heterocycles. The highest BCUT2D eigenvalue weighted by atomic mass is 127. The van der Waals surface area contributed by atoms with Gasteiger partial charge in [0, 0.05) is 0 Å². The van der Waals surface area contributed by atoms with E-state index in [4.69, 9.17) is 4.74 Å². The SMILES string of the molecule is COc1cccc(C[P+](c2ccccc2C)(c2ccccc2C)c2ccccc2C)c1.[I-]. The first kappa shape index (κ1) is 24.5. The topological polar surface area (TPSA) is 9.23 Å². The van der Waals surface area contributed by atoms with Crippen molar-refractivity contribution in [2.75, 3.05) is 7.11 Å². The van der Waals surface area contributed by atoms with Gasteiger partial charge in [-0.2, -0.15) is 0 Å². The van der Waals surface area contributed by atoms with Crippen LogP contribution in [0.4, 0.5) is 0 Å². The molecule has 0 spiro atoms. The van der Waals surface area contributed by atoms with Crippen LogP contribution < -0.4 is 44.6 Å². The van der Waals surface area contributed by atoms with Crippen LogP contribution in [0.3, 0.4) is 0 Å². The molecule has 4 aromatic carbocycles. The Bertz CT molecular complexity index is 1090. The zero-order chi connectivity index (χ0) is 21.8. The molecule has 0 aliphatic rings. The number of rotatable bonds is 6. The summed E-state index contributed by atoms with van der Waals surface area (Å²) in [5.74, 6) is 0.912. The van der Waals surface area contributed by atoms with Crippen molar-refractivity contribution in [2.45, 2.75) is 26.9 Å². The molecule has 0 unspecified atom stereocenters. The Balaban J connectivity index is 0.00000289. The van der Waals surface area contributed by atoms with Crippen molar-refractivity contribution in [3.8, 4) is 5.75 Å². The highest BCUT2D eigenvalue weighted by Crippen LogP contribution is 2.60. The minimum Gasteiger partial charge on any atom is -1.00 e. The van der Waals surface area contributed by atoms with Crippen molar-refractivity contribution in [1.29, 1.82) is 0 Å². The van der Waals surface area contributed by atoms with Gasteiger partial charge in [-0.15, -0.1) is 0 Å². The van der Waals surface area contributed by atoms with Gasteiger partial charge in [0.25, 0.3) is 0 Å². The van der Waals surface area contributed by atoms with E-state index in [1.165, 1.54) is 38.2 Å². The largest absolute Gasteiger partial charge is 1.00 e. The summed E-state index contributed by atoms with van der Waals surface area (Å²) >= 11 is 0. The average Bonchev–Trinajstić information content (AvgIpc) is 2.79. The van der Waals surface area contributed by atoms with Crippen molar-refractivity contribution in [2.24, 2.45) is 0 Å². The summed E-state index contributed by atoms with van der Waals surface area (Å²) in [5, 5.41) is 4.38. The van der Waals surface area contributed by atoms with Gasteiger partial charge in [-0.1, -0.05) is 66.7 Å². The van der Waals surface area contributed by atoms with Gasteiger partial charge in [0.1, 0.15) is 28.9 Å². The minimum absolute atomic E-state index is 0. The van der Waals surface area contributed by atoms with E-state index >= 15 is 0 Å². The maximum Gasteiger partial charge on any atom is 0.119 e. The molecule has 4 rings (SSSR count). The van der Waals surface area contributed by atoms with Crippen LogP contribution in [-0.4, -0.2) is 7.11 Å². The molecule has 0 atom stereocenters. The first-order valence-corrected chi connectivity index (χ1v) is 12.7. The van der Waals surface area contributed by atoms with E-state index in [0.717, 1.165) is 11.9 Å². The van der Waals surface area contributed by atoms with Gasteiger partial charge in [0.2, 0.25) is 0 Å². The number of benzene rings is 4. The fourth-order valence-electron chi connectivity index (χ4n) is 4.66. The predicted octanol–water partition coefficient (Wildman–Crippen LogP) is 3.12. The zero-order valence-electron chi connectivity index (χ0n) is 19.2. The van der Waals surface area contributed by atoms with Crippen LogP contribution in [0.1, 0.15) is 22.3 Å². The van der Waals surface area contributed by atoms with E-state index in [2.05, 4.69) is 112 Å². The zero-order valence-corrected chi connectivity index (χ0v) is 22.2. The lowest BCUT2D eigenvalue weighted by molar-refractivity contribution is -0.00000665. The van der Waals surface area contributed by atoms with Crippen molar-refractivity contribution >= 4 is 23.2 Å². The predicted molar refractivity (Wildman–Crippen MR) is 136 cm³/mol. The van der Waals surface area contributed by atoms with Gasteiger partial charge in [0.15, 0.2) is 0 Å². The molecule has 0 saturated heterocycles. The Labute approximate surface area is 210 Å². The molecule has 0 aliphatic carbocycles. The molecule has 0 aromatic heterocycles. The van der Waals surface area contributed by atoms with E-state index < -0.39 is 7.26 Å². The van der Waals surface area contributed by atoms with E-state index in [0.29, 0.717) is 0 Å². The monoisotopic (exact) mass is 552 g/mol. The van der Waals surface area contributed by atoms with E-state index in [-0.39, 0.29) is 24.0 Å². The molecule has 0 N–H and O–H groups in total. The quantitative estimate of drug-likeness (QED) is 0.264. The molecule has 0 bridgehead atoms. The fourth-order valence-corrected chi connectivity index (χ4v) is 9.75. The second-order valence-electron chi connectivity index (χ2n) is 8.18. The first-order chi connectivity index (χ1) is 15.1. The molecule has 164 valence electrons. The Kier molecular flexibility index (Phi) is 8.14. The summed E-state index contributed by atoms with van der Waals surface area (Å²) in [6, 6.07) is 35.4. The molecule has 0 radical (unpaired) electrons. The third-order valence-electron chi connectivity index (χ3n) is 6.13. The molecule has 3 heteroatoms. The lowest BCUT2D eigenvalue weighted by Crippen LogP contribution is -3.00. The van der Waals surface area contributed by atoms with Gasteiger partial charge in [-0.05, 0) is 73.4 Å². The molecule has 0 fully saturated rings. The lowest BCUT2D eigenvalue weighted by Gasteiger charge is -2.31. The van der Waals surface area contributed by atoms with Gasteiger partial charge in [-0.3, -0.25) is 0 Å². The summed E-state index contributed by atoms with van der Waals surface area (Å²) in [6.07, 6.45) is 0.963. The second kappa shape index (κ2) is 10.6. The number of hydrogen-bond donors (Lipinski definition) is 0. The Morgan fingerprint density at radius 3 is 1.44 bits per heavy atom. The number of aryl methyl sites for hydroxylation is 3. The molecular formula is C29H30IOP. The smallest absolute Gasteiger partial charge is 0.119 e. The third-order valence-corrected chi connectivity index (χ3v) is 10.9. The molecule has 32 heavy (non-hydrogen) atoms. The van der Waals surface area contributed by atoms with Crippen molar-refractivity contribution in [1.82, 2.24) is 0 Å².